The normalized spacial score (nSPS) is 21.5. The number of piperidine rings is 1. The van der Waals surface area contributed by atoms with Gasteiger partial charge in [0.1, 0.15) is 11.7 Å². The molecular formula is C29H29ClN2O7S. The Morgan fingerprint density at radius 2 is 1.98 bits per heavy atom. The molecule has 2 fully saturated rings. The molecule has 1 aromatic heterocycles. The van der Waals surface area contributed by atoms with E-state index >= 15 is 0 Å². The number of ether oxygens (including phenoxy) is 1. The number of hydrogen-bond donors (Lipinski definition) is 1. The van der Waals surface area contributed by atoms with Gasteiger partial charge in [0, 0.05) is 23.4 Å². The van der Waals surface area contributed by atoms with Crippen molar-refractivity contribution in [3.8, 4) is 11.1 Å². The standard InChI is InChI=1S/C29H29ClN2O7S/c1-18-12-23(19-6-3-8-21(13-19)40(2,36)37)24(30)14-22(18)26-27(34)29(39-28(26)35)9-5-10-32(17-29)16-25(33)31-15-20-7-4-11-38-20/h3-4,6-8,11-14,26H,5,9-10,15-17H2,1-2H3,(H,31,33). The number of esters is 1. The molecule has 2 saturated heterocycles. The topological polar surface area (TPSA) is 123 Å². The van der Waals surface area contributed by atoms with Gasteiger partial charge in [-0.1, -0.05) is 23.7 Å². The molecule has 1 spiro atoms. The van der Waals surface area contributed by atoms with Crippen molar-refractivity contribution in [2.75, 3.05) is 25.9 Å². The van der Waals surface area contributed by atoms with E-state index in [-0.39, 0.29) is 41.2 Å². The lowest BCUT2D eigenvalue weighted by molar-refractivity contribution is -0.157. The first-order valence-corrected chi connectivity index (χ1v) is 15.1. The maximum atomic E-state index is 13.8. The molecule has 3 aromatic rings. The van der Waals surface area contributed by atoms with Crippen molar-refractivity contribution >= 4 is 39.1 Å². The summed E-state index contributed by atoms with van der Waals surface area (Å²) < 4.78 is 35.1. The number of hydrogen-bond acceptors (Lipinski definition) is 8. The number of halogens is 1. The number of aryl methyl sites for hydroxylation is 1. The third-order valence-electron chi connectivity index (χ3n) is 7.42. The fraction of sp³-hybridized carbons (Fsp3) is 0.345. The molecule has 3 heterocycles. The number of likely N-dealkylation sites (tertiary alicyclic amines) is 1. The number of amides is 1. The van der Waals surface area contributed by atoms with Crippen LogP contribution in [0.1, 0.15) is 35.6 Å². The summed E-state index contributed by atoms with van der Waals surface area (Å²) in [6.45, 7) is 2.82. The van der Waals surface area contributed by atoms with E-state index in [2.05, 4.69) is 5.32 Å². The van der Waals surface area contributed by atoms with E-state index < -0.39 is 27.3 Å². The van der Waals surface area contributed by atoms with Crippen molar-refractivity contribution in [1.29, 1.82) is 0 Å². The highest BCUT2D eigenvalue weighted by molar-refractivity contribution is 7.90. The first-order chi connectivity index (χ1) is 19.0. The van der Waals surface area contributed by atoms with Crippen molar-refractivity contribution in [3.05, 3.63) is 76.7 Å². The molecule has 1 N–H and O–H groups in total. The van der Waals surface area contributed by atoms with E-state index in [0.717, 1.165) is 6.26 Å². The molecule has 11 heteroatoms. The molecule has 0 saturated carbocycles. The van der Waals surface area contributed by atoms with Crippen LogP contribution in [0.25, 0.3) is 11.1 Å². The lowest BCUT2D eigenvalue weighted by atomic mass is 9.81. The molecular weight excluding hydrogens is 556 g/mol. The third-order valence-corrected chi connectivity index (χ3v) is 8.85. The molecule has 0 aliphatic carbocycles. The monoisotopic (exact) mass is 584 g/mol. The molecule has 9 nitrogen and oxygen atoms in total. The smallest absolute Gasteiger partial charge is 0.322 e. The van der Waals surface area contributed by atoms with Crippen LogP contribution in [0.15, 0.2) is 64.1 Å². The first kappa shape index (κ1) is 28.1. The SMILES string of the molecule is Cc1cc(-c2cccc(S(C)(=O)=O)c2)c(Cl)cc1C1C(=O)OC2(CCCN(CC(=O)NCc3ccco3)C2)C1=O. The van der Waals surface area contributed by atoms with E-state index in [4.69, 9.17) is 20.8 Å². The maximum Gasteiger partial charge on any atom is 0.322 e. The van der Waals surface area contributed by atoms with E-state index in [1.165, 1.54) is 12.3 Å². The minimum absolute atomic E-state index is 0.0596. The second kappa shape index (κ2) is 10.8. The summed E-state index contributed by atoms with van der Waals surface area (Å²) in [5.74, 6) is -1.71. The van der Waals surface area contributed by atoms with Crippen LogP contribution >= 0.6 is 11.6 Å². The molecule has 1 amide bonds. The number of nitrogens with zero attached hydrogens (tertiary/aromatic N) is 1. The highest BCUT2D eigenvalue weighted by Crippen LogP contribution is 2.43. The van der Waals surface area contributed by atoms with Crippen LogP contribution < -0.4 is 5.32 Å². The van der Waals surface area contributed by atoms with Gasteiger partial charge in [-0.05, 0) is 79.4 Å². The quantitative estimate of drug-likeness (QED) is 0.330. The Morgan fingerprint density at radius 3 is 2.70 bits per heavy atom. The number of Topliss-reactive ketones (excluding diaryl/α,β-unsaturated/α-hetero) is 1. The Hall–Kier alpha value is -3.47. The van der Waals surface area contributed by atoms with Gasteiger partial charge in [-0.25, -0.2) is 8.42 Å². The minimum atomic E-state index is -3.42. The minimum Gasteiger partial charge on any atom is -0.467 e. The Kier molecular flexibility index (Phi) is 7.60. The van der Waals surface area contributed by atoms with Gasteiger partial charge in [-0.15, -0.1) is 0 Å². The van der Waals surface area contributed by atoms with Crippen LogP contribution in [-0.2, 0) is 35.5 Å². The largest absolute Gasteiger partial charge is 0.467 e. The summed E-state index contributed by atoms with van der Waals surface area (Å²) in [6.07, 6.45) is 3.63. The van der Waals surface area contributed by atoms with E-state index in [1.807, 2.05) is 4.90 Å². The number of carbonyl (C=O) groups excluding carboxylic acids is 3. The summed E-state index contributed by atoms with van der Waals surface area (Å²) in [4.78, 5) is 41.4. The third kappa shape index (κ3) is 5.56. The van der Waals surface area contributed by atoms with E-state index in [0.29, 0.717) is 47.4 Å². The van der Waals surface area contributed by atoms with E-state index in [1.54, 1.807) is 49.4 Å². The van der Waals surface area contributed by atoms with Gasteiger partial charge < -0.3 is 14.5 Å². The zero-order valence-corrected chi connectivity index (χ0v) is 23.7. The van der Waals surface area contributed by atoms with Crippen LogP contribution in [0.2, 0.25) is 5.02 Å². The summed E-state index contributed by atoms with van der Waals surface area (Å²) in [6, 6.07) is 13.3. The predicted molar refractivity (Wildman–Crippen MR) is 148 cm³/mol. The van der Waals surface area contributed by atoms with Gasteiger partial charge in [0.2, 0.25) is 5.91 Å². The number of benzene rings is 2. The molecule has 0 radical (unpaired) electrons. The number of ketones is 1. The fourth-order valence-electron chi connectivity index (χ4n) is 5.45. The second-order valence-electron chi connectivity index (χ2n) is 10.4. The first-order valence-electron chi connectivity index (χ1n) is 12.9. The number of rotatable bonds is 7. The van der Waals surface area contributed by atoms with Crippen molar-refractivity contribution < 1.29 is 32.0 Å². The van der Waals surface area contributed by atoms with Crippen LogP contribution in [0.3, 0.4) is 0 Å². The van der Waals surface area contributed by atoms with Crippen molar-refractivity contribution in [2.24, 2.45) is 0 Å². The summed E-state index contributed by atoms with van der Waals surface area (Å²) in [5, 5.41) is 3.08. The lowest BCUT2D eigenvalue weighted by Crippen LogP contribution is -2.54. The van der Waals surface area contributed by atoms with Gasteiger partial charge in [0.25, 0.3) is 0 Å². The Balaban J connectivity index is 1.34. The Labute approximate surface area is 237 Å². The molecule has 2 atom stereocenters. The number of carbonyl (C=O) groups is 3. The van der Waals surface area contributed by atoms with Crippen LogP contribution in [0.4, 0.5) is 0 Å². The second-order valence-corrected chi connectivity index (χ2v) is 12.8. The fourth-order valence-corrected chi connectivity index (χ4v) is 6.40. The molecule has 2 aromatic carbocycles. The van der Waals surface area contributed by atoms with Gasteiger partial charge >= 0.3 is 5.97 Å². The summed E-state index contributed by atoms with van der Waals surface area (Å²) in [5.41, 5.74) is 0.969. The highest BCUT2D eigenvalue weighted by Gasteiger charge is 2.57. The van der Waals surface area contributed by atoms with Crippen molar-refractivity contribution in [2.45, 2.75) is 42.7 Å². The molecule has 40 heavy (non-hydrogen) atoms. The maximum absolute atomic E-state index is 13.8. The highest BCUT2D eigenvalue weighted by atomic mass is 35.5. The average Bonchev–Trinajstić information content (AvgIpc) is 3.50. The van der Waals surface area contributed by atoms with E-state index in [9.17, 15) is 22.8 Å². The summed E-state index contributed by atoms with van der Waals surface area (Å²) in [7, 11) is -3.42. The number of furan rings is 1. The molecule has 5 rings (SSSR count). The van der Waals surface area contributed by atoms with Crippen LogP contribution in [0.5, 0.6) is 0 Å². The van der Waals surface area contributed by atoms with Gasteiger partial charge in [0.15, 0.2) is 21.2 Å². The van der Waals surface area contributed by atoms with Crippen molar-refractivity contribution in [3.63, 3.8) is 0 Å². The number of nitrogens with one attached hydrogen (secondary N) is 1. The van der Waals surface area contributed by atoms with Gasteiger partial charge in [-0.2, -0.15) is 0 Å². The average molecular weight is 585 g/mol. The van der Waals surface area contributed by atoms with Crippen LogP contribution in [0, 0.1) is 6.92 Å². The van der Waals surface area contributed by atoms with Crippen molar-refractivity contribution in [1.82, 2.24) is 10.2 Å². The van der Waals surface area contributed by atoms with Gasteiger partial charge in [-0.3, -0.25) is 19.3 Å². The zero-order valence-electron chi connectivity index (χ0n) is 22.1. The Morgan fingerprint density at radius 1 is 1.18 bits per heavy atom. The molecule has 2 aliphatic rings. The van der Waals surface area contributed by atoms with Gasteiger partial charge in [0.05, 0.1) is 24.2 Å². The molecule has 210 valence electrons. The summed E-state index contributed by atoms with van der Waals surface area (Å²) >= 11 is 6.63. The predicted octanol–water partition coefficient (Wildman–Crippen LogP) is 3.67. The zero-order chi connectivity index (χ0) is 28.7. The van der Waals surface area contributed by atoms with Crippen LogP contribution in [-0.4, -0.2) is 62.5 Å². The lowest BCUT2D eigenvalue weighted by Gasteiger charge is -2.37. The number of sulfone groups is 1. The molecule has 0 bridgehead atoms. The molecule has 2 aliphatic heterocycles. The Bertz CT molecular complexity index is 1590. The molecule has 2 unspecified atom stereocenters.